The van der Waals surface area contributed by atoms with Crippen molar-refractivity contribution in [1.82, 2.24) is 24.5 Å². The number of carbonyl (C=O) groups excluding carboxylic acids is 1. The average Bonchev–Trinajstić information content (AvgIpc) is 3.31. The number of likely N-dealkylation sites (tertiary alicyclic amines) is 1. The van der Waals surface area contributed by atoms with Gasteiger partial charge >= 0.3 is 0 Å². The van der Waals surface area contributed by atoms with Crippen LogP contribution in [0.25, 0.3) is 5.78 Å². The Balaban J connectivity index is 1.39. The molecule has 1 aromatic carbocycles. The van der Waals surface area contributed by atoms with Crippen LogP contribution >= 0.6 is 0 Å². The number of amides is 1. The van der Waals surface area contributed by atoms with Crippen LogP contribution in [-0.2, 0) is 17.6 Å². The van der Waals surface area contributed by atoms with E-state index in [9.17, 15) is 4.79 Å². The molecular formula is C21H26N6O. The van der Waals surface area contributed by atoms with Gasteiger partial charge in [0, 0.05) is 24.8 Å². The Morgan fingerprint density at radius 3 is 2.89 bits per heavy atom. The van der Waals surface area contributed by atoms with E-state index < -0.39 is 0 Å². The molecule has 146 valence electrons. The number of aryl methyl sites for hydroxylation is 2. The third-order valence-corrected chi connectivity index (χ3v) is 5.17. The Hall–Kier alpha value is -2.96. The molecule has 1 aliphatic rings. The number of benzene rings is 1. The van der Waals surface area contributed by atoms with Gasteiger partial charge in [0.05, 0.1) is 0 Å². The van der Waals surface area contributed by atoms with E-state index in [0.29, 0.717) is 5.78 Å². The fourth-order valence-corrected chi connectivity index (χ4v) is 3.74. The first kappa shape index (κ1) is 18.4. The van der Waals surface area contributed by atoms with Crippen molar-refractivity contribution in [3.63, 3.8) is 0 Å². The highest BCUT2D eigenvalue weighted by Gasteiger charge is 2.31. The maximum absolute atomic E-state index is 12.8. The number of hydrogen-bond acceptors (Lipinski definition) is 5. The largest absolute Gasteiger partial charge is 0.358 e. The van der Waals surface area contributed by atoms with Crippen LogP contribution in [0, 0.1) is 0 Å². The summed E-state index contributed by atoms with van der Waals surface area (Å²) >= 11 is 0. The summed E-state index contributed by atoms with van der Waals surface area (Å²) in [5, 5.41) is 7.63. The normalized spacial score (nSPS) is 16.8. The van der Waals surface area contributed by atoms with Crippen LogP contribution in [0.2, 0.25) is 0 Å². The molecule has 3 aromatic rings. The molecule has 1 fully saturated rings. The SMILES string of the molecule is CCCc1cc(N[C@H]2CCN(CCCc3ccccc3)C2=O)n2ncnc2n1. The van der Waals surface area contributed by atoms with E-state index in [1.165, 1.54) is 11.9 Å². The van der Waals surface area contributed by atoms with Crippen LogP contribution in [0.15, 0.2) is 42.7 Å². The van der Waals surface area contributed by atoms with Gasteiger partial charge in [0.25, 0.3) is 5.78 Å². The Labute approximate surface area is 164 Å². The standard InChI is InChI=1S/C21H26N6O/c1-2-7-17-14-19(27-21(24-17)22-15-23-27)25-18-11-13-26(20(18)28)12-6-10-16-8-4-3-5-9-16/h3-5,8-9,14-15,18,25H,2,6-7,10-13H2,1H3/t18-/m0/s1. The molecule has 7 heteroatoms. The summed E-state index contributed by atoms with van der Waals surface area (Å²) in [5.74, 6) is 1.52. The van der Waals surface area contributed by atoms with Crippen molar-refractivity contribution in [2.45, 2.75) is 45.1 Å². The molecule has 0 aliphatic carbocycles. The number of hydrogen-bond donors (Lipinski definition) is 1. The molecule has 4 rings (SSSR count). The van der Waals surface area contributed by atoms with Crippen molar-refractivity contribution in [2.75, 3.05) is 18.4 Å². The maximum atomic E-state index is 12.8. The summed E-state index contributed by atoms with van der Waals surface area (Å²) in [6.45, 7) is 3.71. The lowest BCUT2D eigenvalue weighted by atomic mass is 10.1. The molecular weight excluding hydrogens is 352 g/mol. The van der Waals surface area contributed by atoms with Gasteiger partial charge in [-0.1, -0.05) is 43.7 Å². The zero-order valence-corrected chi connectivity index (χ0v) is 16.2. The number of nitrogens with one attached hydrogen (secondary N) is 1. The predicted octanol–water partition coefficient (Wildman–Crippen LogP) is 2.72. The molecule has 0 saturated carbocycles. The maximum Gasteiger partial charge on any atom is 0.254 e. The van der Waals surface area contributed by atoms with Crippen molar-refractivity contribution in [3.05, 3.63) is 54.0 Å². The van der Waals surface area contributed by atoms with E-state index in [0.717, 1.165) is 56.7 Å². The van der Waals surface area contributed by atoms with E-state index in [1.54, 1.807) is 4.52 Å². The van der Waals surface area contributed by atoms with Gasteiger partial charge in [-0.3, -0.25) is 4.79 Å². The number of aromatic nitrogens is 4. The molecule has 1 aliphatic heterocycles. The highest BCUT2D eigenvalue weighted by Crippen LogP contribution is 2.19. The average molecular weight is 378 g/mol. The topological polar surface area (TPSA) is 75.4 Å². The number of fused-ring (bicyclic) bond motifs is 1. The first-order valence-corrected chi connectivity index (χ1v) is 10.0. The molecule has 1 N–H and O–H groups in total. The van der Waals surface area contributed by atoms with Crippen molar-refractivity contribution in [2.24, 2.45) is 0 Å². The molecule has 0 unspecified atom stereocenters. The molecule has 2 aromatic heterocycles. The second kappa shape index (κ2) is 8.37. The fraction of sp³-hybridized carbons (Fsp3) is 0.429. The minimum atomic E-state index is -0.221. The lowest BCUT2D eigenvalue weighted by Gasteiger charge is -2.18. The molecule has 1 atom stereocenters. The Bertz CT molecular complexity index is 938. The summed E-state index contributed by atoms with van der Waals surface area (Å²) in [4.78, 5) is 23.5. The third kappa shape index (κ3) is 3.98. The molecule has 0 bridgehead atoms. The van der Waals surface area contributed by atoms with Crippen molar-refractivity contribution >= 4 is 17.5 Å². The minimum Gasteiger partial charge on any atom is -0.358 e. The molecule has 0 radical (unpaired) electrons. The highest BCUT2D eigenvalue weighted by molar-refractivity contribution is 5.86. The molecule has 7 nitrogen and oxygen atoms in total. The number of nitrogens with zero attached hydrogens (tertiary/aromatic N) is 5. The van der Waals surface area contributed by atoms with Crippen LogP contribution in [0.1, 0.15) is 37.4 Å². The van der Waals surface area contributed by atoms with E-state index in [2.05, 4.69) is 51.6 Å². The third-order valence-electron chi connectivity index (χ3n) is 5.17. The zero-order valence-electron chi connectivity index (χ0n) is 16.2. The fourth-order valence-electron chi connectivity index (χ4n) is 3.74. The second-order valence-corrected chi connectivity index (χ2v) is 7.25. The summed E-state index contributed by atoms with van der Waals surface area (Å²) in [6, 6.07) is 12.2. The summed E-state index contributed by atoms with van der Waals surface area (Å²) < 4.78 is 1.67. The Morgan fingerprint density at radius 1 is 1.21 bits per heavy atom. The monoisotopic (exact) mass is 378 g/mol. The van der Waals surface area contributed by atoms with E-state index in [1.807, 2.05) is 17.0 Å². The van der Waals surface area contributed by atoms with Gasteiger partial charge in [0.2, 0.25) is 5.91 Å². The number of rotatable bonds is 8. The van der Waals surface area contributed by atoms with Crippen LogP contribution in [0.3, 0.4) is 0 Å². The zero-order chi connectivity index (χ0) is 19.3. The second-order valence-electron chi connectivity index (χ2n) is 7.25. The lowest BCUT2D eigenvalue weighted by molar-refractivity contribution is -0.128. The smallest absolute Gasteiger partial charge is 0.254 e. The summed E-state index contributed by atoms with van der Waals surface area (Å²) in [5.41, 5.74) is 2.29. The molecule has 1 amide bonds. The van der Waals surface area contributed by atoms with Gasteiger partial charge in [-0.05, 0) is 31.2 Å². The quantitative estimate of drug-likeness (QED) is 0.652. The van der Waals surface area contributed by atoms with Gasteiger partial charge in [0.15, 0.2) is 0 Å². The van der Waals surface area contributed by atoms with Gasteiger partial charge in [-0.25, -0.2) is 4.98 Å². The lowest BCUT2D eigenvalue weighted by Crippen LogP contribution is -2.34. The van der Waals surface area contributed by atoms with E-state index in [4.69, 9.17) is 0 Å². The summed E-state index contributed by atoms with van der Waals surface area (Å²) in [6.07, 6.45) is 6.15. The molecule has 1 saturated heterocycles. The van der Waals surface area contributed by atoms with Crippen molar-refractivity contribution in [3.8, 4) is 0 Å². The van der Waals surface area contributed by atoms with Crippen molar-refractivity contribution in [1.29, 1.82) is 0 Å². The van der Waals surface area contributed by atoms with Gasteiger partial charge < -0.3 is 10.2 Å². The van der Waals surface area contributed by atoms with E-state index in [-0.39, 0.29) is 11.9 Å². The predicted molar refractivity (Wildman–Crippen MR) is 108 cm³/mol. The van der Waals surface area contributed by atoms with Gasteiger partial charge in [0.1, 0.15) is 18.2 Å². The molecule has 0 spiro atoms. The Morgan fingerprint density at radius 2 is 2.07 bits per heavy atom. The van der Waals surface area contributed by atoms with Gasteiger partial charge in [-0.2, -0.15) is 14.6 Å². The highest BCUT2D eigenvalue weighted by atomic mass is 16.2. The van der Waals surface area contributed by atoms with Crippen LogP contribution in [-0.4, -0.2) is 49.5 Å². The van der Waals surface area contributed by atoms with Crippen LogP contribution in [0.4, 0.5) is 5.82 Å². The summed E-state index contributed by atoms with van der Waals surface area (Å²) in [7, 11) is 0. The Kier molecular flexibility index (Phi) is 5.50. The minimum absolute atomic E-state index is 0.162. The molecule has 28 heavy (non-hydrogen) atoms. The first-order chi connectivity index (χ1) is 13.7. The van der Waals surface area contributed by atoms with E-state index >= 15 is 0 Å². The van der Waals surface area contributed by atoms with Crippen molar-refractivity contribution < 1.29 is 4.79 Å². The first-order valence-electron chi connectivity index (χ1n) is 10.0. The number of carbonyl (C=O) groups is 1. The molecule has 3 heterocycles. The van der Waals surface area contributed by atoms with Crippen LogP contribution in [0.5, 0.6) is 0 Å². The number of anilines is 1. The van der Waals surface area contributed by atoms with Crippen LogP contribution < -0.4 is 5.32 Å². The van der Waals surface area contributed by atoms with Gasteiger partial charge in [-0.15, -0.1) is 0 Å².